The van der Waals surface area contributed by atoms with Crippen LogP contribution in [-0.2, 0) is 11.3 Å². The highest BCUT2D eigenvalue weighted by molar-refractivity contribution is 7.09. The van der Waals surface area contributed by atoms with Gasteiger partial charge in [0, 0.05) is 23.5 Å². The van der Waals surface area contributed by atoms with Crippen LogP contribution < -0.4 is 10.1 Å². The number of piperidine rings is 1. The largest absolute Gasteiger partial charge is 0.483 e. The molecule has 0 bridgehead atoms. The Morgan fingerprint density at radius 2 is 2.13 bits per heavy atom. The Balaban J connectivity index is 1.52. The molecular formula is C20H21F3N4O2S. The number of thiazole rings is 1. The van der Waals surface area contributed by atoms with E-state index >= 15 is 0 Å². The van der Waals surface area contributed by atoms with Gasteiger partial charge in [-0.15, -0.1) is 11.3 Å². The van der Waals surface area contributed by atoms with Gasteiger partial charge in [-0.25, -0.2) is 4.98 Å². The Kier molecular flexibility index (Phi) is 6.95. The van der Waals surface area contributed by atoms with Crippen molar-refractivity contribution in [3.05, 3.63) is 39.8 Å². The summed E-state index contributed by atoms with van der Waals surface area (Å²) in [4.78, 5) is 19.3. The van der Waals surface area contributed by atoms with Crippen LogP contribution in [0.15, 0.2) is 23.6 Å². The number of carbonyl (C=O) groups is 1. The van der Waals surface area contributed by atoms with Crippen LogP contribution >= 0.6 is 11.3 Å². The fraction of sp³-hybridized carbons (Fsp3) is 0.450. The van der Waals surface area contributed by atoms with E-state index in [1.165, 1.54) is 18.2 Å². The molecule has 0 atom stereocenters. The summed E-state index contributed by atoms with van der Waals surface area (Å²) in [5.74, 6) is -0.490. The molecule has 160 valence electrons. The highest BCUT2D eigenvalue weighted by Crippen LogP contribution is 2.26. The Bertz CT molecular complexity index is 931. The Morgan fingerprint density at radius 3 is 2.73 bits per heavy atom. The average Bonchev–Trinajstić information content (AvgIpc) is 3.11. The summed E-state index contributed by atoms with van der Waals surface area (Å²) in [5.41, 5.74) is 1.33. The van der Waals surface area contributed by atoms with Gasteiger partial charge >= 0.3 is 6.18 Å². The summed E-state index contributed by atoms with van der Waals surface area (Å²) in [6, 6.07) is 5.82. The normalized spacial score (nSPS) is 15.6. The molecule has 1 aliphatic rings. The molecule has 6 nitrogen and oxygen atoms in total. The van der Waals surface area contributed by atoms with Crippen molar-refractivity contribution in [2.45, 2.75) is 32.5 Å². The lowest BCUT2D eigenvalue weighted by atomic mass is 9.95. The van der Waals surface area contributed by atoms with Crippen molar-refractivity contribution in [2.24, 2.45) is 5.92 Å². The van der Waals surface area contributed by atoms with E-state index < -0.39 is 12.8 Å². The molecule has 1 aromatic heterocycles. The van der Waals surface area contributed by atoms with Crippen molar-refractivity contribution in [3.8, 4) is 11.8 Å². The van der Waals surface area contributed by atoms with Crippen LogP contribution in [0.1, 0.15) is 29.1 Å². The molecule has 0 aliphatic carbocycles. The van der Waals surface area contributed by atoms with E-state index in [9.17, 15) is 23.2 Å². The highest BCUT2D eigenvalue weighted by Gasteiger charge is 2.29. The number of anilines is 1. The number of aromatic nitrogens is 1. The minimum absolute atomic E-state index is 0.0644. The van der Waals surface area contributed by atoms with Crippen LogP contribution in [-0.4, -0.2) is 41.7 Å². The first-order chi connectivity index (χ1) is 14.2. The second kappa shape index (κ2) is 9.45. The van der Waals surface area contributed by atoms with Crippen molar-refractivity contribution in [3.63, 3.8) is 0 Å². The number of carbonyl (C=O) groups excluding carboxylic acids is 1. The molecule has 0 radical (unpaired) electrons. The molecule has 1 saturated heterocycles. The lowest BCUT2D eigenvalue weighted by Crippen LogP contribution is -2.37. The molecule has 0 saturated carbocycles. The fourth-order valence-electron chi connectivity index (χ4n) is 3.29. The smallest absolute Gasteiger partial charge is 0.422 e. The minimum Gasteiger partial charge on any atom is -0.483 e. The number of likely N-dealkylation sites (tertiary alicyclic amines) is 1. The van der Waals surface area contributed by atoms with Crippen molar-refractivity contribution in [1.82, 2.24) is 9.88 Å². The van der Waals surface area contributed by atoms with Crippen LogP contribution in [0.2, 0.25) is 0 Å². The zero-order chi connectivity index (χ0) is 21.7. The number of halogens is 3. The molecule has 0 spiro atoms. The van der Waals surface area contributed by atoms with E-state index in [2.05, 4.69) is 19.9 Å². The number of rotatable bonds is 6. The molecule has 3 rings (SSSR count). The van der Waals surface area contributed by atoms with Gasteiger partial charge in [-0.3, -0.25) is 9.69 Å². The summed E-state index contributed by atoms with van der Waals surface area (Å²) < 4.78 is 41.6. The molecule has 1 N–H and O–H groups in total. The third-order valence-corrected chi connectivity index (χ3v) is 5.59. The van der Waals surface area contributed by atoms with Crippen molar-refractivity contribution in [1.29, 1.82) is 5.26 Å². The molecular weight excluding hydrogens is 417 g/mol. The van der Waals surface area contributed by atoms with Gasteiger partial charge in [-0.1, -0.05) is 0 Å². The monoisotopic (exact) mass is 438 g/mol. The molecule has 30 heavy (non-hydrogen) atoms. The predicted molar refractivity (Wildman–Crippen MR) is 106 cm³/mol. The zero-order valence-corrected chi connectivity index (χ0v) is 17.1. The minimum atomic E-state index is -4.49. The van der Waals surface area contributed by atoms with E-state index in [1.54, 1.807) is 17.4 Å². The first-order valence-corrected chi connectivity index (χ1v) is 10.3. The number of nitrogens with one attached hydrogen (secondary N) is 1. The number of alkyl halides is 3. The predicted octanol–water partition coefficient (Wildman–Crippen LogP) is 4.12. The number of ether oxygens (including phenoxy) is 1. The zero-order valence-electron chi connectivity index (χ0n) is 16.3. The summed E-state index contributed by atoms with van der Waals surface area (Å²) in [6.45, 7) is 2.82. The molecule has 1 aliphatic heterocycles. The average molecular weight is 438 g/mol. The number of benzene rings is 1. The second-order valence-corrected chi connectivity index (χ2v) is 8.19. The quantitative estimate of drug-likeness (QED) is 0.734. The third kappa shape index (κ3) is 6.18. The van der Waals surface area contributed by atoms with Crippen molar-refractivity contribution >= 4 is 22.9 Å². The van der Waals surface area contributed by atoms with Gasteiger partial charge in [0.25, 0.3) is 0 Å². The van der Waals surface area contributed by atoms with E-state index in [0.717, 1.165) is 30.3 Å². The lowest BCUT2D eigenvalue weighted by molar-refractivity contribution is -0.153. The van der Waals surface area contributed by atoms with Crippen LogP contribution in [0.3, 0.4) is 0 Å². The van der Waals surface area contributed by atoms with Gasteiger partial charge in [-0.05, 0) is 51.1 Å². The summed E-state index contributed by atoms with van der Waals surface area (Å²) >= 11 is 1.62. The lowest BCUT2D eigenvalue weighted by Gasteiger charge is -2.30. The van der Waals surface area contributed by atoms with Gasteiger partial charge < -0.3 is 10.1 Å². The van der Waals surface area contributed by atoms with Crippen LogP contribution in [0.25, 0.3) is 0 Å². The number of aryl methyl sites for hydroxylation is 1. The Labute approximate surface area is 176 Å². The van der Waals surface area contributed by atoms with Crippen LogP contribution in [0.5, 0.6) is 5.75 Å². The summed E-state index contributed by atoms with van der Waals surface area (Å²) in [6.07, 6.45) is -3.09. The Morgan fingerprint density at radius 1 is 1.40 bits per heavy atom. The maximum absolute atomic E-state index is 12.6. The van der Waals surface area contributed by atoms with Crippen LogP contribution in [0, 0.1) is 24.2 Å². The maximum Gasteiger partial charge on any atom is 0.422 e. The van der Waals surface area contributed by atoms with Gasteiger partial charge in [0.05, 0.1) is 16.3 Å². The maximum atomic E-state index is 12.6. The third-order valence-electron chi connectivity index (χ3n) is 4.77. The van der Waals surface area contributed by atoms with Gasteiger partial charge in [0.2, 0.25) is 5.91 Å². The van der Waals surface area contributed by atoms with E-state index in [1.807, 2.05) is 12.3 Å². The number of hydrogen-bond acceptors (Lipinski definition) is 6. The standard InChI is InChI=1S/C20H21F3N4O2S/c1-13-25-17(11-30-13)10-27-6-4-14(5-7-27)19(28)26-16-2-3-18(15(8-16)9-24)29-12-20(21,22)23/h2-3,8,11,14H,4-7,10,12H2,1H3,(H,26,28). The first kappa shape index (κ1) is 22.1. The van der Waals surface area contributed by atoms with Crippen molar-refractivity contribution in [2.75, 3.05) is 25.0 Å². The summed E-state index contributed by atoms with van der Waals surface area (Å²) in [7, 11) is 0. The number of hydrogen-bond donors (Lipinski definition) is 1. The second-order valence-electron chi connectivity index (χ2n) is 7.12. The number of amides is 1. The van der Waals surface area contributed by atoms with Gasteiger partial charge in [0.15, 0.2) is 6.61 Å². The molecule has 1 fully saturated rings. The topological polar surface area (TPSA) is 78.2 Å². The molecule has 0 unspecified atom stereocenters. The van der Waals surface area contributed by atoms with Gasteiger partial charge in [0.1, 0.15) is 11.8 Å². The number of nitriles is 1. The van der Waals surface area contributed by atoms with E-state index in [0.29, 0.717) is 18.5 Å². The molecule has 1 aromatic carbocycles. The first-order valence-electron chi connectivity index (χ1n) is 9.41. The fourth-order valence-corrected chi connectivity index (χ4v) is 3.89. The van der Waals surface area contributed by atoms with Crippen molar-refractivity contribution < 1.29 is 22.7 Å². The highest BCUT2D eigenvalue weighted by atomic mass is 32.1. The Hall–Kier alpha value is -2.64. The van der Waals surface area contributed by atoms with E-state index in [4.69, 9.17) is 0 Å². The molecule has 10 heteroatoms. The van der Waals surface area contributed by atoms with E-state index in [-0.39, 0.29) is 23.1 Å². The molecule has 2 heterocycles. The molecule has 2 aromatic rings. The van der Waals surface area contributed by atoms with Crippen LogP contribution in [0.4, 0.5) is 18.9 Å². The summed E-state index contributed by atoms with van der Waals surface area (Å²) in [5, 5.41) is 15.0. The molecule has 1 amide bonds. The SMILES string of the molecule is Cc1nc(CN2CCC(C(=O)Nc3ccc(OCC(F)(F)F)c(C#N)c3)CC2)cs1. The number of nitrogens with zero attached hydrogens (tertiary/aromatic N) is 3. The van der Waals surface area contributed by atoms with Gasteiger partial charge in [-0.2, -0.15) is 18.4 Å².